The van der Waals surface area contributed by atoms with Crippen LogP contribution in [0.5, 0.6) is 0 Å². The summed E-state index contributed by atoms with van der Waals surface area (Å²) in [6, 6.07) is 3.49. The van der Waals surface area contributed by atoms with Crippen LogP contribution in [0.25, 0.3) is 0 Å². The first-order valence-electron chi connectivity index (χ1n) is 6.08. The summed E-state index contributed by atoms with van der Waals surface area (Å²) in [5.41, 5.74) is 2.78. The minimum absolute atomic E-state index is 0.0526. The van der Waals surface area contributed by atoms with E-state index in [9.17, 15) is 9.59 Å². The molecule has 0 unspecified atom stereocenters. The monoisotopic (exact) mass is 281 g/mol. The van der Waals surface area contributed by atoms with E-state index >= 15 is 0 Å². The number of imide groups is 1. The lowest BCUT2D eigenvalue weighted by Crippen LogP contribution is -2.38. The molecule has 1 saturated heterocycles. The van der Waals surface area contributed by atoms with Gasteiger partial charge in [-0.15, -0.1) is 0 Å². The Morgan fingerprint density at radius 3 is 2.79 bits per heavy atom. The summed E-state index contributed by atoms with van der Waals surface area (Å²) >= 11 is 6.14. The number of halogens is 1. The van der Waals surface area contributed by atoms with Crippen LogP contribution in [0.1, 0.15) is 11.1 Å². The smallest absolute Gasteiger partial charge is 0.324 e. The van der Waals surface area contributed by atoms with Gasteiger partial charge in [0.25, 0.3) is 0 Å². The quantitative estimate of drug-likeness (QED) is 0.890. The molecule has 1 aliphatic heterocycles. The molecule has 1 fully saturated rings. The van der Waals surface area contributed by atoms with E-state index in [0.717, 1.165) is 16.8 Å². The molecule has 2 rings (SSSR count). The summed E-state index contributed by atoms with van der Waals surface area (Å²) < 4.78 is 0. The molecule has 1 aromatic carbocycles. The highest BCUT2D eigenvalue weighted by atomic mass is 35.5. The molecule has 19 heavy (non-hydrogen) atoms. The van der Waals surface area contributed by atoms with Crippen LogP contribution in [-0.4, -0.2) is 36.5 Å². The summed E-state index contributed by atoms with van der Waals surface area (Å²) in [6.07, 6.45) is 0. The van der Waals surface area contributed by atoms with E-state index in [2.05, 4.69) is 10.6 Å². The van der Waals surface area contributed by atoms with Gasteiger partial charge in [-0.2, -0.15) is 0 Å². The molecule has 0 aromatic heterocycles. The van der Waals surface area contributed by atoms with Gasteiger partial charge in [0.05, 0.1) is 17.3 Å². The Labute approximate surface area is 116 Å². The lowest BCUT2D eigenvalue weighted by molar-refractivity contribution is -0.125. The first-order chi connectivity index (χ1) is 8.99. The second kappa shape index (κ2) is 5.48. The number of amides is 3. The van der Waals surface area contributed by atoms with E-state index < -0.39 is 0 Å². The zero-order chi connectivity index (χ0) is 14.0. The fourth-order valence-corrected chi connectivity index (χ4v) is 2.50. The maximum Gasteiger partial charge on any atom is 0.324 e. The molecule has 102 valence electrons. The third kappa shape index (κ3) is 2.98. The Balaban J connectivity index is 2.03. The molecule has 0 bridgehead atoms. The molecule has 0 radical (unpaired) electrons. The number of carbonyl (C=O) groups is 2. The number of nitrogens with zero attached hydrogens (tertiary/aromatic N) is 1. The molecule has 0 aliphatic carbocycles. The molecule has 0 atom stereocenters. The van der Waals surface area contributed by atoms with Gasteiger partial charge in [0.1, 0.15) is 0 Å². The lowest BCUT2D eigenvalue weighted by Gasteiger charge is -2.15. The minimum atomic E-state index is -0.335. The number of aryl methyl sites for hydroxylation is 2. The van der Waals surface area contributed by atoms with E-state index in [1.54, 1.807) is 0 Å². The first-order valence-corrected chi connectivity index (χ1v) is 6.45. The highest BCUT2D eigenvalue weighted by molar-refractivity contribution is 6.33. The average Bonchev–Trinajstić information content (AvgIpc) is 2.73. The molecular formula is C13H16ClN3O2. The Bertz CT molecular complexity index is 508. The van der Waals surface area contributed by atoms with Crippen LogP contribution < -0.4 is 10.6 Å². The lowest BCUT2D eigenvalue weighted by atomic mass is 10.1. The molecule has 1 aliphatic rings. The van der Waals surface area contributed by atoms with E-state index in [-0.39, 0.29) is 18.5 Å². The highest BCUT2D eigenvalue weighted by Gasteiger charge is 2.25. The van der Waals surface area contributed by atoms with Crippen LogP contribution in [0, 0.1) is 13.8 Å². The third-order valence-electron chi connectivity index (χ3n) is 3.01. The average molecular weight is 282 g/mol. The largest absolute Gasteiger partial charge is 0.375 e. The van der Waals surface area contributed by atoms with Crippen LogP contribution in [0.4, 0.5) is 10.5 Å². The van der Waals surface area contributed by atoms with Gasteiger partial charge in [-0.05, 0) is 31.0 Å². The number of hydrogen-bond donors (Lipinski definition) is 2. The maximum absolute atomic E-state index is 11.9. The Kier molecular flexibility index (Phi) is 3.95. The fraction of sp³-hybridized carbons (Fsp3) is 0.385. The summed E-state index contributed by atoms with van der Waals surface area (Å²) in [4.78, 5) is 24.4. The molecule has 6 heteroatoms. The van der Waals surface area contributed by atoms with Crippen molar-refractivity contribution in [1.82, 2.24) is 10.2 Å². The summed E-state index contributed by atoms with van der Waals surface area (Å²) in [6.45, 7) is 4.86. The Hall–Kier alpha value is -1.75. The number of hydrogen-bond acceptors (Lipinski definition) is 3. The van der Waals surface area contributed by atoms with Gasteiger partial charge < -0.3 is 10.6 Å². The molecular weight excluding hydrogens is 266 g/mol. The second-order valence-corrected chi connectivity index (χ2v) is 4.98. The number of carbonyl (C=O) groups excluding carboxylic acids is 2. The standard InChI is InChI=1S/C13H16ClN3O2/c1-8-5-9(2)12(10(14)6-8)16-7-11(18)17-4-3-15-13(17)19/h5-6,16H,3-4,7H2,1-2H3,(H,15,19). The van der Waals surface area contributed by atoms with Gasteiger partial charge in [0.15, 0.2) is 0 Å². The van der Waals surface area contributed by atoms with Crippen molar-refractivity contribution in [2.75, 3.05) is 25.0 Å². The van der Waals surface area contributed by atoms with Gasteiger partial charge in [-0.1, -0.05) is 17.7 Å². The van der Waals surface area contributed by atoms with Crippen molar-refractivity contribution in [1.29, 1.82) is 0 Å². The molecule has 3 amide bonds. The topological polar surface area (TPSA) is 61.4 Å². The molecule has 0 spiro atoms. The number of rotatable bonds is 3. The summed E-state index contributed by atoms with van der Waals surface area (Å²) in [5.74, 6) is -0.258. The molecule has 0 saturated carbocycles. The number of anilines is 1. The number of urea groups is 1. The van der Waals surface area contributed by atoms with Crippen molar-refractivity contribution >= 4 is 29.2 Å². The molecule has 2 N–H and O–H groups in total. The normalized spacial score (nSPS) is 14.5. The highest BCUT2D eigenvalue weighted by Crippen LogP contribution is 2.27. The van der Waals surface area contributed by atoms with Gasteiger partial charge >= 0.3 is 6.03 Å². The van der Waals surface area contributed by atoms with E-state index in [1.165, 1.54) is 4.90 Å². The Morgan fingerprint density at radius 2 is 2.21 bits per heavy atom. The van der Waals surface area contributed by atoms with Gasteiger partial charge in [0.2, 0.25) is 5.91 Å². The number of nitrogens with one attached hydrogen (secondary N) is 2. The van der Waals surface area contributed by atoms with Crippen LogP contribution in [0.15, 0.2) is 12.1 Å². The molecule has 5 nitrogen and oxygen atoms in total. The minimum Gasteiger partial charge on any atom is -0.375 e. The summed E-state index contributed by atoms with van der Waals surface area (Å²) in [7, 11) is 0. The number of benzene rings is 1. The van der Waals surface area contributed by atoms with Crippen LogP contribution in [0.2, 0.25) is 5.02 Å². The molecule has 1 aromatic rings. The predicted molar refractivity (Wildman–Crippen MR) is 74.5 cm³/mol. The predicted octanol–water partition coefficient (Wildman–Crippen LogP) is 1.92. The fourth-order valence-electron chi connectivity index (χ4n) is 2.11. The maximum atomic E-state index is 11.9. The van der Waals surface area contributed by atoms with Crippen LogP contribution >= 0.6 is 11.6 Å². The van der Waals surface area contributed by atoms with Crippen molar-refractivity contribution in [3.63, 3.8) is 0 Å². The van der Waals surface area contributed by atoms with Crippen molar-refractivity contribution in [2.45, 2.75) is 13.8 Å². The third-order valence-corrected chi connectivity index (χ3v) is 3.30. The van der Waals surface area contributed by atoms with Crippen molar-refractivity contribution in [3.05, 3.63) is 28.3 Å². The SMILES string of the molecule is Cc1cc(C)c(NCC(=O)N2CCNC2=O)c(Cl)c1. The van der Waals surface area contributed by atoms with Gasteiger partial charge in [-0.25, -0.2) is 4.79 Å². The van der Waals surface area contributed by atoms with Gasteiger partial charge in [-0.3, -0.25) is 9.69 Å². The van der Waals surface area contributed by atoms with E-state index in [1.807, 2.05) is 26.0 Å². The molecule has 1 heterocycles. The van der Waals surface area contributed by atoms with Crippen LogP contribution in [-0.2, 0) is 4.79 Å². The zero-order valence-corrected chi connectivity index (χ0v) is 11.7. The zero-order valence-electron chi connectivity index (χ0n) is 10.9. The van der Waals surface area contributed by atoms with Gasteiger partial charge in [0, 0.05) is 13.1 Å². The van der Waals surface area contributed by atoms with E-state index in [0.29, 0.717) is 18.1 Å². The first kappa shape index (κ1) is 13.7. The van der Waals surface area contributed by atoms with Crippen LogP contribution in [0.3, 0.4) is 0 Å². The van der Waals surface area contributed by atoms with Crippen molar-refractivity contribution in [3.8, 4) is 0 Å². The second-order valence-electron chi connectivity index (χ2n) is 4.57. The van der Waals surface area contributed by atoms with Crippen molar-refractivity contribution in [2.24, 2.45) is 0 Å². The van der Waals surface area contributed by atoms with E-state index in [4.69, 9.17) is 11.6 Å². The van der Waals surface area contributed by atoms with Crippen molar-refractivity contribution < 1.29 is 9.59 Å². The summed E-state index contributed by atoms with van der Waals surface area (Å²) in [5, 5.41) is 6.17. The Morgan fingerprint density at radius 1 is 1.47 bits per heavy atom.